The molecule has 1 unspecified atom stereocenters. The second-order valence-corrected chi connectivity index (χ2v) is 6.92. The van der Waals surface area contributed by atoms with Gasteiger partial charge in [-0.2, -0.15) is 0 Å². The molecule has 1 saturated heterocycles. The number of thiophene rings is 1. The van der Waals surface area contributed by atoms with Crippen LogP contribution in [0.15, 0.2) is 15.9 Å². The Labute approximate surface area is 108 Å². The average molecular weight is 303 g/mol. The van der Waals surface area contributed by atoms with Gasteiger partial charge in [-0.05, 0) is 48.0 Å². The molecular formula is C11H15BrN2OS. The van der Waals surface area contributed by atoms with Crippen LogP contribution in [0.4, 0.5) is 0 Å². The minimum Gasteiger partial charge on any atom is -0.351 e. The highest BCUT2D eigenvalue weighted by molar-refractivity contribution is 9.11. The molecule has 0 saturated carbocycles. The van der Waals surface area contributed by atoms with Gasteiger partial charge in [-0.3, -0.25) is 4.79 Å². The zero-order chi connectivity index (χ0) is 11.6. The highest BCUT2D eigenvalue weighted by Crippen LogP contribution is 2.25. The number of halogens is 1. The van der Waals surface area contributed by atoms with Gasteiger partial charge in [0.1, 0.15) is 0 Å². The Bertz CT molecular complexity index is 385. The third-order valence-electron chi connectivity index (χ3n) is 2.97. The number of nitrogens with one attached hydrogen (secondary N) is 2. The summed E-state index contributed by atoms with van der Waals surface area (Å²) in [7, 11) is 0. The van der Waals surface area contributed by atoms with Gasteiger partial charge < -0.3 is 10.6 Å². The second-order valence-electron chi connectivity index (χ2n) is 4.38. The largest absolute Gasteiger partial charge is 0.351 e. The Hall–Kier alpha value is -0.390. The molecule has 16 heavy (non-hydrogen) atoms. The van der Waals surface area contributed by atoms with E-state index in [9.17, 15) is 4.79 Å². The highest BCUT2D eigenvalue weighted by atomic mass is 79.9. The summed E-state index contributed by atoms with van der Waals surface area (Å²) >= 11 is 5.07. The quantitative estimate of drug-likeness (QED) is 0.898. The van der Waals surface area contributed by atoms with Crippen LogP contribution < -0.4 is 10.6 Å². The van der Waals surface area contributed by atoms with Crippen molar-refractivity contribution in [2.24, 2.45) is 5.41 Å². The van der Waals surface area contributed by atoms with Gasteiger partial charge >= 0.3 is 0 Å². The molecule has 2 rings (SSSR count). The van der Waals surface area contributed by atoms with Gasteiger partial charge in [0.15, 0.2) is 0 Å². The van der Waals surface area contributed by atoms with Crippen LogP contribution in [0.25, 0.3) is 0 Å². The minimum absolute atomic E-state index is 0.155. The van der Waals surface area contributed by atoms with Crippen LogP contribution in [0, 0.1) is 5.41 Å². The van der Waals surface area contributed by atoms with E-state index in [0.29, 0.717) is 6.54 Å². The van der Waals surface area contributed by atoms with Crippen molar-refractivity contribution >= 4 is 33.2 Å². The van der Waals surface area contributed by atoms with Gasteiger partial charge in [0.05, 0.1) is 15.7 Å². The Kier molecular flexibility index (Phi) is 3.66. The van der Waals surface area contributed by atoms with Crippen molar-refractivity contribution < 1.29 is 4.79 Å². The molecule has 1 aliphatic heterocycles. The van der Waals surface area contributed by atoms with Crippen LogP contribution in [-0.2, 0) is 11.3 Å². The van der Waals surface area contributed by atoms with E-state index in [-0.39, 0.29) is 11.3 Å². The fraction of sp³-hybridized carbons (Fsp3) is 0.545. The number of hydrogen-bond donors (Lipinski definition) is 2. The molecule has 0 aromatic carbocycles. The van der Waals surface area contributed by atoms with Gasteiger partial charge in [-0.1, -0.05) is 0 Å². The normalized spacial score (nSPS) is 24.6. The Morgan fingerprint density at radius 1 is 1.69 bits per heavy atom. The predicted octanol–water partition coefficient (Wildman–Crippen LogP) is 2.13. The summed E-state index contributed by atoms with van der Waals surface area (Å²) in [6.07, 6.45) is 0.924. The Balaban J connectivity index is 1.88. The van der Waals surface area contributed by atoms with Gasteiger partial charge in [-0.25, -0.2) is 0 Å². The standard InChI is InChI=1S/C11H15BrN2OS/c1-11(4-5-13-7-11)10(15)14-6-8-2-3-9(12)16-8/h2-3,13H,4-7H2,1H3,(H,14,15). The molecular weight excluding hydrogens is 288 g/mol. The highest BCUT2D eigenvalue weighted by Gasteiger charge is 2.35. The lowest BCUT2D eigenvalue weighted by atomic mass is 9.89. The molecule has 88 valence electrons. The monoisotopic (exact) mass is 302 g/mol. The average Bonchev–Trinajstić information content (AvgIpc) is 2.85. The molecule has 1 aromatic heterocycles. The predicted molar refractivity (Wildman–Crippen MR) is 69.5 cm³/mol. The number of rotatable bonds is 3. The van der Waals surface area contributed by atoms with Crippen molar-refractivity contribution in [2.45, 2.75) is 19.9 Å². The van der Waals surface area contributed by atoms with Crippen LogP contribution in [-0.4, -0.2) is 19.0 Å². The maximum Gasteiger partial charge on any atom is 0.227 e. The van der Waals surface area contributed by atoms with E-state index in [2.05, 4.69) is 26.6 Å². The van der Waals surface area contributed by atoms with E-state index in [0.717, 1.165) is 23.3 Å². The van der Waals surface area contributed by atoms with Crippen molar-refractivity contribution in [2.75, 3.05) is 13.1 Å². The van der Waals surface area contributed by atoms with E-state index in [1.807, 2.05) is 19.1 Å². The second kappa shape index (κ2) is 4.85. The van der Waals surface area contributed by atoms with Crippen LogP contribution in [0.5, 0.6) is 0 Å². The summed E-state index contributed by atoms with van der Waals surface area (Å²) in [4.78, 5) is 13.2. The fourth-order valence-electron chi connectivity index (χ4n) is 1.84. The Morgan fingerprint density at radius 3 is 3.06 bits per heavy atom. The molecule has 0 aliphatic carbocycles. The lowest BCUT2D eigenvalue weighted by Crippen LogP contribution is -2.39. The topological polar surface area (TPSA) is 41.1 Å². The first-order valence-electron chi connectivity index (χ1n) is 5.33. The lowest BCUT2D eigenvalue weighted by molar-refractivity contribution is -0.129. The molecule has 1 aliphatic rings. The third-order valence-corrected chi connectivity index (χ3v) is 4.59. The molecule has 2 N–H and O–H groups in total. The van der Waals surface area contributed by atoms with Crippen molar-refractivity contribution in [3.8, 4) is 0 Å². The molecule has 1 atom stereocenters. The third kappa shape index (κ3) is 2.64. The van der Waals surface area contributed by atoms with E-state index >= 15 is 0 Å². The van der Waals surface area contributed by atoms with Crippen molar-refractivity contribution in [1.29, 1.82) is 0 Å². The van der Waals surface area contributed by atoms with Crippen LogP contribution in [0.3, 0.4) is 0 Å². The molecule has 3 nitrogen and oxygen atoms in total. The zero-order valence-corrected chi connectivity index (χ0v) is 11.6. The van der Waals surface area contributed by atoms with Crippen LogP contribution in [0.1, 0.15) is 18.2 Å². The van der Waals surface area contributed by atoms with Crippen molar-refractivity contribution in [1.82, 2.24) is 10.6 Å². The van der Waals surface area contributed by atoms with E-state index < -0.39 is 0 Å². The molecule has 5 heteroatoms. The van der Waals surface area contributed by atoms with E-state index in [1.165, 1.54) is 4.88 Å². The van der Waals surface area contributed by atoms with Crippen LogP contribution >= 0.6 is 27.3 Å². The smallest absolute Gasteiger partial charge is 0.227 e. The van der Waals surface area contributed by atoms with E-state index in [4.69, 9.17) is 0 Å². The first kappa shape index (κ1) is 12.1. The first-order chi connectivity index (χ1) is 7.60. The maximum absolute atomic E-state index is 12.0. The number of carbonyl (C=O) groups is 1. The molecule has 1 aromatic rings. The molecule has 0 spiro atoms. The molecule has 1 amide bonds. The summed E-state index contributed by atoms with van der Waals surface area (Å²) in [5.74, 6) is 0.155. The fourth-order valence-corrected chi connectivity index (χ4v) is 3.26. The van der Waals surface area contributed by atoms with Gasteiger partial charge in [-0.15, -0.1) is 11.3 Å². The molecule has 2 heterocycles. The summed E-state index contributed by atoms with van der Waals surface area (Å²) in [6.45, 7) is 4.37. The Morgan fingerprint density at radius 2 is 2.50 bits per heavy atom. The molecule has 1 fully saturated rings. The first-order valence-corrected chi connectivity index (χ1v) is 6.94. The molecule has 0 bridgehead atoms. The summed E-state index contributed by atoms with van der Waals surface area (Å²) in [6, 6.07) is 4.04. The van der Waals surface area contributed by atoms with Gasteiger partial charge in [0, 0.05) is 11.4 Å². The zero-order valence-electron chi connectivity index (χ0n) is 9.18. The number of hydrogen-bond acceptors (Lipinski definition) is 3. The lowest BCUT2D eigenvalue weighted by Gasteiger charge is -2.21. The number of amides is 1. The maximum atomic E-state index is 12.0. The van der Waals surface area contributed by atoms with Gasteiger partial charge in [0.25, 0.3) is 0 Å². The number of carbonyl (C=O) groups excluding carboxylic acids is 1. The van der Waals surface area contributed by atoms with Crippen molar-refractivity contribution in [3.05, 3.63) is 20.8 Å². The summed E-state index contributed by atoms with van der Waals surface area (Å²) in [5.41, 5.74) is -0.228. The SMILES string of the molecule is CC1(C(=O)NCc2ccc(Br)s2)CCNC1. The summed E-state index contributed by atoms with van der Waals surface area (Å²) in [5, 5.41) is 6.24. The van der Waals surface area contributed by atoms with Gasteiger partial charge in [0.2, 0.25) is 5.91 Å². The van der Waals surface area contributed by atoms with E-state index in [1.54, 1.807) is 11.3 Å². The van der Waals surface area contributed by atoms with Crippen molar-refractivity contribution in [3.63, 3.8) is 0 Å². The summed E-state index contributed by atoms with van der Waals surface area (Å²) < 4.78 is 1.10. The molecule has 0 radical (unpaired) electrons. The van der Waals surface area contributed by atoms with Crippen LogP contribution in [0.2, 0.25) is 0 Å². The minimum atomic E-state index is -0.228.